The average molecular weight is 517 g/mol. The SMILES string of the molecule is CCOc1cc(/C=C2/SC(=S)N(c3ccc4c(c3)OCO4)C2=O)ccc1OCc1ccccc1C#N. The van der Waals surface area contributed by atoms with Gasteiger partial charge in [-0.15, -0.1) is 0 Å². The van der Waals surface area contributed by atoms with Crippen molar-refractivity contribution < 1.29 is 23.7 Å². The van der Waals surface area contributed by atoms with Crippen LogP contribution in [0.5, 0.6) is 23.0 Å². The molecule has 3 aromatic rings. The van der Waals surface area contributed by atoms with E-state index in [1.807, 2.05) is 37.3 Å². The number of anilines is 1. The second-order valence-electron chi connectivity index (χ2n) is 7.75. The first kappa shape index (κ1) is 23.7. The van der Waals surface area contributed by atoms with Crippen LogP contribution in [-0.4, -0.2) is 23.6 Å². The highest BCUT2D eigenvalue weighted by Crippen LogP contribution is 2.41. The number of carbonyl (C=O) groups excluding carboxylic acids is 1. The number of nitrogens with zero attached hydrogens (tertiary/aromatic N) is 2. The molecule has 1 saturated heterocycles. The second-order valence-corrected chi connectivity index (χ2v) is 9.43. The molecule has 36 heavy (non-hydrogen) atoms. The van der Waals surface area contributed by atoms with Crippen LogP contribution in [0.1, 0.15) is 23.6 Å². The summed E-state index contributed by atoms with van der Waals surface area (Å²) in [5, 5.41) is 9.31. The summed E-state index contributed by atoms with van der Waals surface area (Å²) in [6, 6.07) is 20.2. The van der Waals surface area contributed by atoms with E-state index in [0.717, 1.165) is 11.1 Å². The fourth-order valence-corrected chi connectivity index (χ4v) is 5.08. The molecule has 7 nitrogen and oxygen atoms in total. The van der Waals surface area contributed by atoms with E-state index in [2.05, 4.69) is 6.07 Å². The molecule has 0 radical (unpaired) electrons. The molecule has 0 bridgehead atoms. The van der Waals surface area contributed by atoms with E-state index in [0.29, 0.717) is 50.1 Å². The van der Waals surface area contributed by atoms with Crippen molar-refractivity contribution in [1.82, 2.24) is 0 Å². The van der Waals surface area contributed by atoms with Crippen molar-refractivity contribution in [2.45, 2.75) is 13.5 Å². The summed E-state index contributed by atoms with van der Waals surface area (Å²) in [5.41, 5.74) is 2.76. The van der Waals surface area contributed by atoms with Gasteiger partial charge in [-0.3, -0.25) is 9.69 Å². The predicted octanol–water partition coefficient (Wildman–Crippen LogP) is 5.67. The summed E-state index contributed by atoms with van der Waals surface area (Å²) in [4.78, 5) is 15.2. The third-order valence-electron chi connectivity index (χ3n) is 5.49. The van der Waals surface area contributed by atoms with E-state index >= 15 is 0 Å². The molecule has 0 N–H and O–H groups in total. The number of amides is 1. The van der Waals surface area contributed by atoms with Gasteiger partial charge >= 0.3 is 0 Å². The van der Waals surface area contributed by atoms with Crippen molar-refractivity contribution in [3.05, 3.63) is 82.3 Å². The van der Waals surface area contributed by atoms with Gasteiger partial charge in [-0.2, -0.15) is 5.26 Å². The van der Waals surface area contributed by atoms with Crippen molar-refractivity contribution in [2.75, 3.05) is 18.3 Å². The Morgan fingerprint density at radius 3 is 2.75 bits per heavy atom. The molecule has 1 fully saturated rings. The molecule has 2 aliphatic heterocycles. The summed E-state index contributed by atoms with van der Waals surface area (Å²) < 4.78 is 23.0. The van der Waals surface area contributed by atoms with Crippen molar-refractivity contribution in [2.24, 2.45) is 0 Å². The van der Waals surface area contributed by atoms with Crippen molar-refractivity contribution >= 4 is 46.0 Å². The van der Waals surface area contributed by atoms with E-state index < -0.39 is 0 Å². The minimum atomic E-state index is -0.213. The van der Waals surface area contributed by atoms with Gasteiger partial charge in [0.2, 0.25) is 6.79 Å². The van der Waals surface area contributed by atoms with Crippen LogP contribution in [-0.2, 0) is 11.4 Å². The Labute approximate surface area is 217 Å². The standard InChI is InChI=1S/C27H20N2O5S2/c1-2-31-23-11-17(7-9-21(23)32-15-19-6-4-3-5-18(19)14-28)12-25-26(30)29(27(35)36-25)20-8-10-22-24(13-20)34-16-33-22/h3-13H,2,15-16H2,1H3/b25-12+. The molecule has 0 atom stereocenters. The molecule has 3 aromatic carbocycles. The molecule has 0 spiro atoms. The molecule has 0 aliphatic carbocycles. The maximum Gasteiger partial charge on any atom is 0.270 e. The lowest BCUT2D eigenvalue weighted by Crippen LogP contribution is -2.27. The monoisotopic (exact) mass is 516 g/mol. The van der Waals surface area contributed by atoms with Gasteiger partial charge in [0.1, 0.15) is 6.61 Å². The van der Waals surface area contributed by atoms with Gasteiger partial charge in [0.15, 0.2) is 27.3 Å². The number of fused-ring (bicyclic) bond motifs is 1. The third-order valence-corrected chi connectivity index (χ3v) is 6.80. The molecular weight excluding hydrogens is 496 g/mol. The van der Waals surface area contributed by atoms with Gasteiger partial charge < -0.3 is 18.9 Å². The first-order valence-electron chi connectivity index (χ1n) is 11.1. The number of nitriles is 1. The highest BCUT2D eigenvalue weighted by molar-refractivity contribution is 8.27. The number of benzene rings is 3. The molecule has 1 amide bonds. The molecular formula is C27H20N2O5S2. The number of carbonyl (C=O) groups is 1. The zero-order chi connectivity index (χ0) is 25.1. The van der Waals surface area contributed by atoms with Gasteiger partial charge in [0.25, 0.3) is 5.91 Å². The molecule has 180 valence electrons. The van der Waals surface area contributed by atoms with Gasteiger partial charge in [-0.1, -0.05) is 48.2 Å². The zero-order valence-electron chi connectivity index (χ0n) is 19.2. The lowest BCUT2D eigenvalue weighted by molar-refractivity contribution is -0.113. The fourth-order valence-electron chi connectivity index (χ4n) is 3.78. The highest BCUT2D eigenvalue weighted by atomic mass is 32.2. The molecule has 2 heterocycles. The Bertz CT molecular complexity index is 1430. The summed E-state index contributed by atoms with van der Waals surface area (Å²) >= 11 is 6.73. The van der Waals surface area contributed by atoms with Crippen LogP contribution in [0.2, 0.25) is 0 Å². The summed E-state index contributed by atoms with van der Waals surface area (Å²) in [5.74, 6) is 2.11. The number of thiocarbonyl (C=S) groups is 1. The number of thioether (sulfide) groups is 1. The van der Waals surface area contributed by atoms with Gasteiger partial charge in [0, 0.05) is 11.6 Å². The van der Waals surface area contributed by atoms with Gasteiger partial charge in [-0.05, 0) is 48.9 Å². The zero-order valence-corrected chi connectivity index (χ0v) is 20.9. The van der Waals surface area contributed by atoms with E-state index in [1.165, 1.54) is 16.7 Å². The Morgan fingerprint density at radius 1 is 1.08 bits per heavy atom. The lowest BCUT2D eigenvalue weighted by Gasteiger charge is -2.15. The van der Waals surface area contributed by atoms with E-state index in [4.69, 9.17) is 31.2 Å². The van der Waals surface area contributed by atoms with Crippen LogP contribution in [0.3, 0.4) is 0 Å². The largest absolute Gasteiger partial charge is 0.490 e. The summed E-state index contributed by atoms with van der Waals surface area (Å²) in [6.45, 7) is 2.72. The van der Waals surface area contributed by atoms with Crippen LogP contribution in [0.25, 0.3) is 6.08 Å². The number of hydrogen-bond acceptors (Lipinski definition) is 8. The molecule has 0 saturated carbocycles. The molecule has 2 aliphatic rings. The average Bonchev–Trinajstić information content (AvgIpc) is 3.47. The molecule has 9 heteroatoms. The summed E-state index contributed by atoms with van der Waals surface area (Å²) in [7, 11) is 0. The number of rotatable bonds is 7. The molecule has 0 unspecified atom stereocenters. The van der Waals surface area contributed by atoms with Gasteiger partial charge in [-0.25, -0.2) is 0 Å². The second kappa shape index (κ2) is 10.3. The number of ether oxygens (including phenoxy) is 4. The molecule has 5 rings (SSSR count). The maximum atomic E-state index is 13.2. The quantitative estimate of drug-likeness (QED) is 0.294. The van der Waals surface area contributed by atoms with E-state index in [9.17, 15) is 10.1 Å². The van der Waals surface area contributed by atoms with Crippen LogP contribution in [0.4, 0.5) is 5.69 Å². The van der Waals surface area contributed by atoms with Crippen molar-refractivity contribution in [3.63, 3.8) is 0 Å². The Balaban J connectivity index is 1.37. The first-order chi connectivity index (χ1) is 17.6. The minimum absolute atomic E-state index is 0.157. The highest BCUT2D eigenvalue weighted by Gasteiger charge is 2.34. The minimum Gasteiger partial charge on any atom is -0.490 e. The van der Waals surface area contributed by atoms with E-state index in [-0.39, 0.29) is 19.3 Å². The Morgan fingerprint density at radius 2 is 1.92 bits per heavy atom. The van der Waals surface area contributed by atoms with Crippen LogP contribution in [0, 0.1) is 11.3 Å². The first-order valence-corrected chi connectivity index (χ1v) is 12.3. The van der Waals surface area contributed by atoms with Crippen LogP contribution >= 0.6 is 24.0 Å². The van der Waals surface area contributed by atoms with Gasteiger partial charge in [0.05, 0.1) is 28.8 Å². The maximum absolute atomic E-state index is 13.2. The van der Waals surface area contributed by atoms with Crippen molar-refractivity contribution in [1.29, 1.82) is 5.26 Å². The summed E-state index contributed by atoms with van der Waals surface area (Å²) in [6.07, 6.45) is 1.78. The Kier molecular flexibility index (Phi) is 6.80. The third kappa shape index (κ3) is 4.73. The van der Waals surface area contributed by atoms with Crippen molar-refractivity contribution in [3.8, 4) is 29.1 Å². The van der Waals surface area contributed by atoms with Crippen LogP contribution in [0.15, 0.2) is 65.6 Å². The smallest absolute Gasteiger partial charge is 0.270 e. The Hall–Kier alpha value is -4.00. The fraction of sp³-hybridized carbons (Fsp3) is 0.148. The normalized spacial score (nSPS) is 15.3. The predicted molar refractivity (Wildman–Crippen MR) is 141 cm³/mol. The molecule has 0 aromatic heterocycles. The lowest BCUT2D eigenvalue weighted by atomic mass is 10.1. The topological polar surface area (TPSA) is 81.0 Å². The van der Waals surface area contributed by atoms with Crippen LogP contribution < -0.4 is 23.8 Å². The van der Waals surface area contributed by atoms with E-state index in [1.54, 1.807) is 36.4 Å². The number of hydrogen-bond donors (Lipinski definition) is 0.